The summed E-state index contributed by atoms with van der Waals surface area (Å²) in [6.45, 7) is 3.75. The zero-order chi connectivity index (χ0) is 18.1. The van der Waals surface area contributed by atoms with Crippen LogP contribution in [0.2, 0.25) is 10.0 Å². The highest BCUT2D eigenvalue weighted by Gasteiger charge is 2.19. The number of hydrogen-bond donors (Lipinski definition) is 0. The molecular weight excluding hydrogens is 371 g/mol. The molecule has 1 aromatic heterocycles. The Bertz CT molecular complexity index is 942. The van der Waals surface area contributed by atoms with Crippen LogP contribution in [0, 0.1) is 0 Å². The summed E-state index contributed by atoms with van der Waals surface area (Å²) in [5, 5.41) is 1.79. The van der Waals surface area contributed by atoms with Crippen LogP contribution in [0.15, 0.2) is 42.5 Å². The van der Waals surface area contributed by atoms with Crippen molar-refractivity contribution in [3.05, 3.63) is 52.5 Å². The molecule has 0 spiro atoms. The normalized spacial score (nSPS) is 15.4. The molecule has 4 rings (SSSR count). The van der Waals surface area contributed by atoms with Crippen molar-refractivity contribution in [1.82, 2.24) is 14.9 Å². The van der Waals surface area contributed by atoms with Crippen LogP contribution in [0.25, 0.3) is 10.9 Å². The van der Waals surface area contributed by atoms with Crippen LogP contribution >= 0.6 is 23.2 Å². The van der Waals surface area contributed by atoms with Gasteiger partial charge in [0.05, 0.1) is 20.9 Å². The summed E-state index contributed by atoms with van der Waals surface area (Å²) in [6, 6.07) is 13.0. The van der Waals surface area contributed by atoms with Crippen LogP contribution < -0.4 is 9.64 Å². The van der Waals surface area contributed by atoms with Crippen molar-refractivity contribution >= 4 is 40.1 Å². The van der Waals surface area contributed by atoms with Crippen LogP contribution in [0.3, 0.4) is 0 Å². The first-order valence-corrected chi connectivity index (χ1v) is 9.19. The van der Waals surface area contributed by atoms with Gasteiger partial charge in [0, 0.05) is 32.2 Å². The van der Waals surface area contributed by atoms with Crippen LogP contribution in [-0.2, 0) is 0 Å². The number of piperazine rings is 1. The summed E-state index contributed by atoms with van der Waals surface area (Å²) in [7, 11) is 2.12. The summed E-state index contributed by atoms with van der Waals surface area (Å²) in [5.74, 6) is 1.79. The maximum absolute atomic E-state index is 6.11. The van der Waals surface area contributed by atoms with E-state index in [0.29, 0.717) is 27.6 Å². The minimum atomic E-state index is 0.446. The van der Waals surface area contributed by atoms with E-state index in [4.69, 9.17) is 37.9 Å². The van der Waals surface area contributed by atoms with E-state index in [-0.39, 0.29) is 0 Å². The van der Waals surface area contributed by atoms with Crippen molar-refractivity contribution < 1.29 is 4.74 Å². The number of rotatable bonds is 3. The molecule has 1 aliphatic heterocycles. The summed E-state index contributed by atoms with van der Waals surface area (Å²) in [4.78, 5) is 13.9. The van der Waals surface area contributed by atoms with Gasteiger partial charge < -0.3 is 14.5 Å². The van der Waals surface area contributed by atoms with Gasteiger partial charge in [0.25, 0.3) is 0 Å². The maximum atomic E-state index is 6.11. The Balaban J connectivity index is 1.73. The van der Waals surface area contributed by atoms with Crippen molar-refractivity contribution in [3.8, 4) is 11.6 Å². The number of benzene rings is 2. The molecule has 26 heavy (non-hydrogen) atoms. The molecule has 3 aromatic rings. The molecule has 0 atom stereocenters. The fourth-order valence-corrected chi connectivity index (χ4v) is 3.20. The molecule has 2 aromatic carbocycles. The van der Waals surface area contributed by atoms with E-state index in [1.54, 1.807) is 18.2 Å². The lowest BCUT2D eigenvalue weighted by molar-refractivity contribution is 0.311. The Morgan fingerprint density at radius 3 is 2.46 bits per heavy atom. The first kappa shape index (κ1) is 17.3. The molecule has 1 saturated heterocycles. The molecule has 2 heterocycles. The van der Waals surface area contributed by atoms with E-state index in [2.05, 4.69) is 16.8 Å². The van der Waals surface area contributed by atoms with Crippen molar-refractivity contribution in [2.24, 2.45) is 0 Å². The fraction of sp³-hybridized carbons (Fsp3) is 0.263. The monoisotopic (exact) mass is 388 g/mol. The minimum absolute atomic E-state index is 0.446. The zero-order valence-corrected chi connectivity index (χ0v) is 15.8. The Hall–Kier alpha value is -2.08. The number of halogens is 2. The van der Waals surface area contributed by atoms with Crippen LogP contribution in [0.1, 0.15) is 0 Å². The third-order valence-electron chi connectivity index (χ3n) is 4.45. The van der Waals surface area contributed by atoms with Crippen LogP contribution in [0.4, 0.5) is 5.95 Å². The first-order chi connectivity index (χ1) is 12.6. The molecule has 0 unspecified atom stereocenters. The summed E-state index contributed by atoms with van der Waals surface area (Å²) >= 11 is 12.1. The maximum Gasteiger partial charge on any atom is 0.231 e. The molecule has 0 radical (unpaired) electrons. The largest absolute Gasteiger partial charge is 0.438 e. The standard InChI is InChI=1S/C19H18Cl2N4O/c1-24-8-10-25(11-9-24)19-22-17-5-3-2-4-14(17)18(23-19)26-13-6-7-15(20)16(21)12-13/h2-7,12H,8-11H2,1H3. The fourth-order valence-electron chi connectivity index (χ4n) is 2.91. The van der Waals surface area contributed by atoms with Gasteiger partial charge in [-0.25, -0.2) is 4.98 Å². The van der Waals surface area contributed by atoms with Gasteiger partial charge in [-0.3, -0.25) is 0 Å². The highest BCUT2D eigenvalue weighted by atomic mass is 35.5. The second kappa shape index (κ2) is 7.27. The van der Waals surface area contributed by atoms with Gasteiger partial charge in [0.15, 0.2) is 0 Å². The van der Waals surface area contributed by atoms with Gasteiger partial charge in [-0.05, 0) is 31.3 Å². The predicted molar refractivity (Wildman–Crippen MR) is 106 cm³/mol. The summed E-state index contributed by atoms with van der Waals surface area (Å²) in [5.41, 5.74) is 0.853. The van der Waals surface area contributed by atoms with Crippen molar-refractivity contribution in [2.45, 2.75) is 0 Å². The lowest BCUT2D eigenvalue weighted by Gasteiger charge is -2.32. The molecule has 1 aliphatic rings. The Morgan fingerprint density at radius 2 is 1.69 bits per heavy atom. The average molecular weight is 389 g/mol. The molecule has 1 fully saturated rings. The lowest BCUT2D eigenvalue weighted by atomic mass is 10.2. The summed E-state index contributed by atoms with van der Waals surface area (Å²) in [6.07, 6.45) is 0. The van der Waals surface area contributed by atoms with Crippen LogP contribution in [-0.4, -0.2) is 48.1 Å². The molecule has 0 aliphatic carbocycles. The second-order valence-electron chi connectivity index (χ2n) is 6.31. The average Bonchev–Trinajstić information content (AvgIpc) is 2.65. The van der Waals surface area contributed by atoms with E-state index in [9.17, 15) is 0 Å². The molecular formula is C19H18Cl2N4O. The van der Waals surface area contributed by atoms with Crippen molar-refractivity contribution in [1.29, 1.82) is 0 Å². The van der Waals surface area contributed by atoms with E-state index >= 15 is 0 Å². The van der Waals surface area contributed by atoms with Gasteiger partial charge in [-0.15, -0.1) is 0 Å². The number of ether oxygens (including phenoxy) is 1. The molecule has 0 bridgehead atoms. The highest BCUT2D eigenvalue weighted by Crippen LogP contribution is 2.32. The van der Waals surface area contributed by atoms with Gasteiger partial charge in [0.2, 0.25) is 11.8 Å². The number of nitrogens with zero attached hydrogens (tertiary/aromatic N) is 4. The number of aromatic nitrogens is 2. The Morgan fingerprint density at radius 1 is 0.923 bits per heavy atom. The van der Waals surface area contributed by atoms with Gasteiger partial charge in [-0.2, -0.15) is 4.98 Å². The molecule has 0 N–H and O–H groups in total. The lowest BCUT2D eigenvalue weighted by Crippen LogP contribution is -2.45. The van der Waals surface area contributed by atoms with E-state index < -0.39 is 0 Å². The Labute approximate surface area is 162 Å². The number of fused-ring (bicyclic) bond motifs is 1. The van der Waals surface area contributed by atoms with Gasteiger partial charge >= 0.3 is 0 Å². The second-order valence-corrected chi connectivity index (χ2v) is 7.13. The molecule has 5 nitrogen and oxygen atoms in total. The first-order valence-electron chi connectivity index (χ1n) is 8.43. The third kappa shape index (κ3) is 3.56. The SMILES string of the molecule is CN1CCN(c2nc(Oc3ccc(Cl)c(Cl)c3)c3ccccc3n2)CC1. The van der Waals surface area contributed by atoms with E-state index in [1.807, 2.05) is 24.3 Å². The smallest absolute Gasteiger partial charge is 0.231 e. The topological polar surface area (TPSA) is 41.5 Å². The summed E-state index contributed by atoms with van der Waals surface area (Å²) < 4.78 is 6.05. The number of hydrogen-bond acceptors (Lipinski definition) is 5. The van der Waals surface area contributed by atoms with Crippen molar-refractivity contribution in [2.75, 3.05) is 38.1 Å². The number of likely N-dealkylation sites (N-methyl/N-ethyl adjacent to an activating group) is 1. The van der Waals surface area contributed by atoms with Gasteiger partial charge in [0.1, 0.15) is 5.75 Å². The molecule has 0 saturated carbocycles. The highest BCUT2D eigenvalue weighted by molar-refractivity contribution is 6.42. The van der Waals surface area contributed by atoms with Gasteiger partial charge in [-0.1, -0.05) is 35.3 Å². The quantitative estimate of drug-likeness (QED) is 0.661. The molecule has 7 heteroatoms. The van der Waals surface area contributed by atoms with Crippen LogP contribution in [0.5, 0.6) is 11.6 Å². The van der Waals surface area contributed by atoms with E-state index in [1.165, 1.54) is 0 Å². The third-order valence-corrected chi connectivity index (χ3v) is 5.19. The molecule has 0 amide bonds. The van der Waals surface area contributed by atoms with Crippen molar-refractivity contribution in [3.63, 3.8) is 0 Å². The minimum Gasteiger partial charge on any atom is -0.438 e. The number of anilines is 1. The zero-order valence-electron chi connectivity index (χ0n) is 14.3. The Kier molecular flexibility index (Phi) is 4.85. The van der Waals surface area contributed by atoms with E-state index in [0.717, 1.165) is 37.1 Å². The molecule has 134 valence electrons. The number of para-hydroxylation sites is 1. The predicted octanol–water partition coefficient (Wildman–Crippen LogP) is 4.48.